The highest BCUT2D eigenvalue weighted by molar-refractivity contribution is 7.92. The van der Waals surface area contributed by atoms with Crippen molar-refractivity contribution in [2.24, 2.45) is 0 Å². The second-order valence-electron chi connectivity index (χ2n) is 8.26. The highest BCUT2D eigenvalue weighted by atomic mass is 32.2. The van der Waals surface area contributed by atoms with Crippen molar-refractivity contribution in [3.05, 3.63) is 53.6 Å². The third-order valence-electron chi connectivity index (χ3n) is 6.09. The maximum Gasteiger partial charge on any atom is 0.246 e. The second-order valence-corrected chi connectivity index (χ2v) is 10.1. The summed E-state index contributed by atoms with van der Waals surface area (Å²) >= 11 is 0. The lowest BCUT2D eigenvalue weighted by Crippen LogP contribution is -2.56. The zero-order valence-electron chi connectivity index (χ0n) is 19.5. The maximum atomic E-state index is 13.5. The molecule has 0 saturated carbocycles. The van der Waals surface area contributed by atoms with Crippen LogP contribution in [-0.4, -0.2) is 64.8 Å². The van der Waals surface area contributed by atoms with Gasteiger partial charge in [0.15, 0.2) is 0 Å². The number of hydrogen-bond donors (Lipinski definition) is 0. The molecule has 0 aromatic heterocycles. The van der Waals surface area contributed by atoms with Crippen LogP contribution in [0, 0.1) is 13.8 Å². The molecule has 0 spiro atoms. The Morgan fingerprint density at radius 3 is 2.16 bits per heavy atom. The van der Waals surface area contributed by atoms with Gasteiger partial charge in [-0.25, -0.2) is 8.42 Å². The number of nitrogens with zero attached hydrogens (tertiary/aromatic N) is 3. The lowest BCUT2D eigenvalue weighted by atomic mass is 10.1. The Bertz CT molecular complexity index is 1050. The third-order valence-corrected chi connectivity index (χ3v) is 7.27. The Hall–Kier alpha value is -2.74. The van der Waals surface area contributed by atoms with Crippen LogP contribution < -0.4 is 13.9 Å². The summed E-state index contributed by atoms with van der Waals surface area (Å²) in [7, 11) is -2.00. The van der Waals surface area contributed by atoms with Gasteiger partial charge in [-0.3, -0.25) is 9.10 Å². The first-order chi connectivity index (χ1) is 15.2. The lowest BCUT2D eigenvalue weighted by Gasteiger charge is -2.39. The Kier molecular flexibility index (Phi) is 7.33. The fourth-order valence-electron chi connectivity index (χ4n) is 4.09. The highest BCUT2D eigenvalue weighted by Gasteiger charge is 2.35. The van der Waals surface area contributed by atoms with Crippen LogP contribution in [0.4, 0.5) is 11.4 Å². The Morgan fingerprint density at radius 1 is 1.03 bits per heavy atom. The van der Waals surface area contributed by atoms with E-state index in [2.05, 4.69) is 4.90 Å². The van der Waals surface area contributed by atoms with Gasteiger partial charge in [0, 0.05) is 31.9 Å². The number of piperazine rings is 1. The second kappa shape index (κ2) is 9.81. The smallest absolute Gasteiger partial charge is 0.246 e. The van der Waals surface area contributed by atoms with E-state index < -0.39 is 16.1 Å². The van der Waals surface area contributed by atoms with Crippen LogP contribution in [0.2, 0.25) is 0 Å². The number of anilines is 2. The van der Waals surface area contributed by atoms with E-state index in [1.165, 1.54) is 10.6 Å². The van der Waals surface area contributed by atoms with Gasteiger partial charge in [-0.1, -0.05) is 13.0 Å². The minimum Gasteiger partial charge on any atom is -0.497 e. The Morgan fingerprint density at radius 2 is 1.66 bits per heavy atom. The van der Waals surface area contributed by atoms with E-state index in [1.54, 1.807) is 18.1 Å². The largest absolute Gasteiger partial charge is 0.497 e. The van der Waals surface area contributed by atoms with E-state index in [4.69, 9.17) is 4.74 Å². The number of aryl methyl sites for hydroxylation is 2. The number of carbonyl (C=O) groups is 1. The molecule has 1 aliphatic heterocycles. The van der Waals surface area contributed by atoms with Gasteiger partial charge >= 0.3 is 0 Å². The summed E-state index contributed by atoms with van der Waals surface area (Å²) < 4.78 is 32.0. The van der Waals surface area contributed by atoms with E-state index in [9.17, 15) is 13.2 Å². The highest BCUT2D eigenvalue weighted by Crippen LogP contribution is 2.27. The molecule has 2 aromatic rings. The molecule has 0 N–H and O–H groups in total. The van der Waals surface area contributed by atoms with Crippen LogP contribution in [0.1, 0.15) is 24.5 Å². The van der Waals surface area contributed by atoms with Crippen LogP contribution in [0.3, 0.4) is 0 Å². The average Bonchev–Trinajstić information content (AvgIpc) is 2.78. The van der Waals surface area contributed by atoms with Crippen LogP contribution in [0.5, 0.6) is 5.75 Å². The molecular weight excluding hydrogens is 426 g/mol. The number of sulfonamides is 1. The van der Waals surface area contributed by atoms with E-state index in [1.807, 2.05) is 57.2 Å². The first-order valence-electron chi connectivity index (χ1n) is 10.9. The molecule has 1 aliphatic rings. The third kappa shape index (κ3) is 5.18. The summed E-state index contributed by atoms with van der Waals surface area (Å²) in [5, 5.41) is 0. The predicted molar refractivity (Wildman–Crippen MR) is 129 cm³/mol. The standard InChI is InChI=1S/C24H33N3O4S/c1-6-23(27(32(5,29)30)21-8-7-18(2)19(3)17-21)24(28)26-15-13-25(14-16-26)20-9-11-22(31-4)12-10-20/h7-12,17,23H,6,13-16H2,1-5H3/t23-/m0/s1. The molecule has 1 saturated heterocycles. The van der Waals surface area contributed by atoms with Gasteiger partial charge in [-0.05, 0) is 67.8 Å². The number of benzene rings is 2. The van der Waals surface area contributed by atoms with E-state index in [0.717, 1.165) is 22.6 Å². The van der Waals surface area contributed by atoms with Crippen molar-refractivity contribution >= 4 is 27.3 Å². The molecule has 0 unspecified atom stereocenters. The van der Waals surface area contributed by atoms with Crippen LogP contribution in [0.25, 0.3) is 0 Å². The molecule has 0 bridgehead atoms. The summed E-state index contributed by atoms with van der Waals surface area (Å²) in [4.78, 5) is 17.5. The molecule has 1 amide bonds. The topological polar surface area (TPSA) is 70.2 Å². The van der Waals surface area contributed by atoms with E-state index in [0.29, 0.717) is 38.3 Å². The summed E-state index contributed by atoms with van der Waals surface area (Å²) in [6, 6.07) is 12.6. The fraction of sp³-hybridized carbons (Fsp3) is 0.458. The van der Waals surface area contributed by atoms with Crippen molar-refractivity contribution in [2.75, 3.05) is 48.7 Å². The number of rotatable bonds is 7. The molecule has 0 aliphatic carbocycles. The van der Waals surface area contributed by atoms with Gasteiger partial charge < -0.3 is 14.5 Å². The molecule has 174 valence electrons. The molecule has 8 heteroatoms. The quantitative estimate of drug-likeness (QED) is 0.636. The molecule has 0 radical (unpaired) electrons. The predicted octanol–water partition coefficient (Wildman–Crippen LogP) is 3.21. The van der Waals surface area contributed by atoms with Crippen molar-refractivity contribution in [3.63, 3.8) is 0 Å². The van der Waals surface area contributed by atoms with Crippen molar-refractivity contribution in [1.29, 1.82) is 0 Å². The van der Waals surface area contributed by atoms with Gasteiger partial charge in [0.25, 0.3) is 0 Å². The first-order valence-corrected chi connectivity index (χ1v) is 12.7. The normalized spacial score (nSPS) is 15.4. The molecule has 32 heavy (non-hydrogen) atoms. The summed E-state index contributed by atoms with van der Waals surface area (Å²) in [6.07, 6.45) is 1.57. The van der Waals surface area contributed by atoms with Crippen molar-refractivity contribution < 1.29 is 17.9 Å². The number of ether oxygens (including phenoxy) is 1. The van der Waals surface area contributed by atoms with Gasteiger partial charge in [-0.15, -0.1) is 0 Å². The SMILES string of the molecule is CC[C@@H](C(=O)N1CCN(c2ccc(OC)cc2)CC1)N(c1ccc(C)c(C)c1)S(C)(=O)=O. The summed E-state index contributed by atoms with van der Waals surface area (Å²) in [5.74, 6) is 0.658. The molecular formula is C24H33N3O4S. The van der Waals surface area contributed by atoms with Crippen molar-refractivity contribution in [2.45, 2.75) is 33.2 Å². The minimum absolute atomic E-state index is 0.148. The molecule has 1 fully saturated rings. The zero-order valence-corrected chi connectivity index (χ0v) is 20.4. The number of amides is 1. The van der Waals surface area contributed by atoms with Crippen LogP contribution in [0.15, 0.2) is 42.5 Å². The van der Waals surface area contributed by atoms with Crippen LogP contribution in [-0.2, 0) is 14.8 Å². The summed E-state index contributed by atoms with van der Waals surface area (Å²) in [5.41, 5.74) is 3.69. The van der Waals surface area contributed by atoms with Gasteiger partial charge in [-0.2, -0.15) is 0 Å². The van der Waals surface area contributed by atoms with Crippen molar-refractivity contribution in [3.8, 4) is 5.75 Å². The maximum absolute atomic E-state index is 13.5. The summed E-state index contributed by atoms with van der Waals surface area (Å²) in [6.45, 7) is 8.26. The Balaban J connectivity index is 1.77. The van der Waals surface area contributed by atoms with Gasteiger partial charge in [0.2, 0.25) is 15.9 Å². The van der Waals surface area contributed by atoms with Crippen LogP contribution >= 0.6 is 0 Å². The molecule has 2 aromatic carbocycles. The van der Waals surface area contributed by atoms with Gasteiger partial charge in [0.05, 0.1) is 19.1 Å². The first kappa shape index (κ1) is 23.9. The number of carbonyl (C=O) groups excluding carboxylic acids is 1. The molecule has 7 nitrogen and oxygen atoms in total. The average molecular weight is 460 g/mol. The van der Waals surface area contributed by atoms with Gasteiger partial charge in [0.1, 0.15) is 11.8 Å². The molecule has 1 heterocycles. The molecule has 3 rings (SSSR count). The lowest BCUT2D eigenvalue weighted by molar-refractivity contribution is -0.132. The Labute approximate surface area is 191 Å². The zero-order chi connectivity index (χ0) is 23.5. The monoisotopic (exact) mass is 459 g/mol. The minimum atomic E-state index is -3.64. The number of hydrogen-bond acceptors (Lipinski definition) is 5. The van der Waals surface area contributed by atoms with E-state index >= 15 is 0 Å². The van der Waals surface area contributed by atoms with E-state index in [-0.39, 0.29) is 5.91 Å². The number of methoxy groups -OCH3 is 1. The molecule has 1 atom stereocenters. The van der Waals surface area contributed by atoms with Crippen molar-refractivity contribution in [1.82, 2.24) is 4.90 Å². The fourth-order valence-corrected chi connectivity index (χ4v) is 5.29.